The first kappa shape index (κ1) is 16.5. The fraction of sp³-hybridized carbons (Fsp3) is 0.500. The van der Waals surface area contributed by atoms with Crippen molar-refractivity contribution in [1.29, 1.82) is 0 Å². The fourth-order valence-electron chi connectivity index (χ4n) is 2.75. The number of rotatable bonds is 5. The van der Waals surface area contributed by atoms with Crippen molar-refractivity contribution in [2.24, 2.45) is 0 Å². The van der Waals surface area contributed by atoms with Crippen LogP contribution in [0.25, 0.3) is 0 Å². The second-order valence-electron chi connectivity index (χ2n) is 5.35. The van der Waals surface area contributed by atoms with E-state index >= 15 is 0 Å². The zero-order valence-corrected chi connectivity index (χ0v) is 13.0. The Morgan fingerprint density at radius 2 is 1.86 bits per heavy atom. The molecule has 1 fully saturated rings. The third-order valence-corrected chi connectivity index (χ3v) is 3.87. The minimum atomic E-state index is -1.05. The Labute approximate surface area is 130 Å². The maximum Gasteiger partial charge on any atom is 0.334 e. The van der Waals surface area contributed by atoms with E-state index in [0.29, 0.717) is 25.9 Å². The molecule has 0 spiro atoms. The van der Waals surface area contributed by atoms with Crippen LogP contribution < -0.4 is 5.32 Å². The van der Waals surface area contributed by atoms with Crippen molar-refractivity contribution < 1.29 is 19.2 Å². The van der Waals surface area contributed by atoms with E-state index in [1.54, 1.807) is 0 Å². The van der Waals surface area contributed by atoms with Gasteiger partial charge < -0.3 is 10.1 Å². The van der Waals surface area contributed by atoms with Crippen LogP contribution in [0.2, 0.25) is 0 Å². The maximum atomic E-state index is 12.3. The van der Waals surface area contributed by atoms with Crippen LogP contribution in [0.3, 0.4) is 0 Å². The number of carbonyl (C=O) groups is 2. The number of amides is 1. The number of nitrogens with zero attached hydrogens (tertiary/aromatic N) is 1. The molecule has 0 radical (unpaired) electrons. The monoisotopic (exact) mass is 306 g/mol. The second kappa shape index (κ2) is 7.38. The Balaban J connectivity index is 2.19. The molecular formula is C16H22N2O4. The summed E-state index contributed by atoms with van der Waals surface area (Å²) in [5.74, 6) is -0.736. The van der Waals surface area contributed by atoms with Gasteiger partial charge in [-0.15, -0.1) is 0 Å². The molecule has 1 heterocycles. The molecule has 22 heavy (non-hydrogen) atoms. The smallest absolute Gasteiger partial charge is 0.334 e. The highest BCUT2D eigenvalue weighted by Crippen LogP contribution is 2.29. The highest BCUT2D eigenvalue weighted by molar-refractivity contribution is 5.86. The lowest BCUT2D eigenvalue weighted by Gasteiger charge is -2.42. The average Bonchev–Trinajstić information content (AvgIpc) is 2.55. The first-order chi connectivity index (χ1) is 10.6. The molecule has 6 nitrogen and oxygen atoms in total. The Hall–Kier alpha value is -1.92. The van der Waals surface area contributed by atoms with E-state index in [9.17, 15) is 9.59 Å². The number of benzene rings is 1. The number of carbonyl (C=O) groups excluding carboxylic acids is 2. The van der Waals surface area contributed by atoms with E-state index in [1.807, 2.05) is 30.3 Å². The summed E-state index contributed by atoms with van der Waals surface area (Å²) in [6.07, 6.45) is 0.933. The average molecular weight is 306 g/mol. The standard InChI is InChI=1S/C16H22N2O4/c1-13(19)18(22-12-14-6-4-3-5-7-14)16(15(20)21-2)8-10-17-11-9-16/h3-7,17H,8-12H2,1-2H3. The summed E-state index contributed by atoms with van der Waals surface area (Å²) in [4.78, 5) is 30.1. The summed E-state index contributed by atoms with van der Waals surface area (Å²) in [6, 6.07) is 9.53. The van der Waals surface area contributed by atoms with Gasteiger partial charge in [0.15, 0.2) is 5.54 Å². The number of hydroxylamine groups is 2. The normalized spacial score (nSPS) is 16.8. The first-order valence-electron chi connectivity index (χ1n) is 7.37. The van der Waals surface area contributed by atoms with Gasteiger partial charge in [0.2, 0.25) is 5.91 Å². The van der Waals surface area contributed by atoms with Gasteiger partial charge in [-0.2, -0.15) is 0 Å². The Morgan fingerprint density at radius 3 is 2.41 bits per heavy atom. The lowest BCUT2D eigenvalue weighted by molar-refractivity contribution is -0.237. The van der Waals surface area contributed by atoms with Gasteiger partial charge in [-0.3, -0.25) is 9.63 Å². The molecule has 0 aromatic heterocycles. The van der Waals surface area contributed by atoms with Gasteiger partial charge in [-0.1, -0.05) is 30.3 Å². The van der Waals surface area contributed by atoms with E-state index in [2.05, 4.69) is 5.32 Å². The molecule has 0 atom stereocenters. The lowest BCUT2D eigenvalue weighted by Crippen LogP contribution is -2.61. The predicted octanol–water partition coefficient (Wildman–Crippen LogP) is 1.26. The van der Waals surface area contributed by atoms with E-state index in [-0.39, 0.29) is 12.5 Å². The van der Waals surface area contributed by atoms with Gasteiger partial charge in [0.25, 0.3) is 0 Å². The topological polar surface area (TPSA) is 67.9 Å². The quantitative estimate of drug-likeness (QED) is 0.655. The summed E-state index contributed by atoms with van der Waals surface area (Å²) in [5, 5.41) is 4.39. The third kappa shape index (κ3) is 3.45. The number of nitrogens with one attached hydrogen (secondary N) is 1. The van der Waals surface area contributed by atoms with Crippen LogP contribution in [0.4, 0.5) is 0 Å². The largest absolute Gasteiger partial charge is 0.467 e. The van der Waals surface area contributed by atoms with Crippen molar-refractivity contribution in [2.75, 3.05) is 20.2 Å². The fourth-order valence-corrected chi connectivity index (χ4v) is 2.75. The highest BCUT2D eigenvalue weighted by Gasteiger charge is 2.48. The molecule has 120 valence electrons. The summed E-state index contributed by atoms with van der Waals surface area (Å²) in [5.41, 5.74) is -0.122. The minimum Gasteiger partial charge on any atom is -0.467 e. The van der Waals surface area contributed by atoms with Gasteiger partial charge in [-0.05, 0) is 31.5 Å². The summed E-state index contributed by atoms with van der Waals surface area (Å²) in [6.45, 7) is 2.89. The number of hydrogen-bond acceptors (Lipinski definition) is 5. The van der Waals surface area contributed by atoms with E-state index < -0.39 is 11.5 Å². The molecule has 1 N–H and O–H groups in total. The number of ether oxygens (including phenoxy) is 1. The van der Waals surface area contributed by atoms with Gasteiger partial charge in [0.1, 0.15) is 6.61 Å². The van der Waals surface area contributed by atoms with Gasteiger partial charge in [0.05, 0.1) is 7.11 Å². The molecule has 1 amide bonds. The zero-order valence-electron chi connectivity index (χ0n) is 13.0. The SMILES string of the molecule is COC(=O)C1(N(OCc2ccccc2)C(C)=O)CCNCC1. The van der Waals surface area contributed by atoms with Crippen LogP contribution in [0.1, 0.15) is 25.3 Å². The van der Waals surface area contributed by atoms with Crippen LogP contribution in [0.5, 0.6) is 0 Å². The molecule has 0 saturated carbocycles. The van der Waals surface area contributed by atoms with Crippen LogP contribution in [-0.4, -0.2) is 42.7 Å². The maximum absolute atomic E-state index is 12.3. The molecule has 0 bridgehead atoms. The van der Waals surface area contributed by atoms with Gasteiger partial charge in [-0.25, -0.2) is 9.86 Å². The van der Waals surface area contributed by atoms with Crippen molar-refractivity contribution in [3.8, 4) is 0 Å². The Morgan fingerprint density at radius 1 is 1.23 bits per heavy atom. The van der Waals surface area contributed by atoms with Crippen LogP contribution in [0, 0.1) is 0 Å². The number of methoxy groups -OCH3 is 1. The molecule has 2 rings (SSSR count). The van der Waals surface area contributed by atoms with E-state index in [1.165, 1.54) is 19.1 Å². The third-order valence-electron chi connectivity index (χ3n) is 3.87. The molecule has 1 aromatic carbocycles. The molecule has 6 heteroatoms. The van der Waals surface area contributed by atoms with Crippen molar-refractivity contribution in [3.05, 3.63) is 35.9 Å². The molecule has 1 saturated heterocycles. The number of esters is 1. The summed E-state index contributed by atoms with van der Waals surface area (Å²) < 4.78 is 4.94. The highest BCUT2D eigenvalue weighted by atomic mass is 16.7. The second-order valence-corrected chi connectivity index (χ2v) is 5.35. The molecule has 0 aliphatic carbocycles. The van der Waals surface area contributed by atoms with Crippen LogP contribution >= 0.6 is 0 Å². The van der Waals surface area contributed by atoms with Gasteiger partial charge >= 0.3 is 5.97 Å². The van der Waals surface area contributed by atoms with Crippen molar-refractivity contribution >= 4 is 11.9 Å². The zero-order chi connectivity index (χ0) is 16.0. The Bertz CT molecular complexity index is 512. The summed E-state index contributed by atoms with van der Waals surface area (Å²) in [7, 11) is 1.33. The molecule has 0 unspecified atom stereocenters. The van der Waals surface area contributed by atoms with Gasteiger partial charge in [0, 0.05) is 6.92 Å². The first-order valence-corrected chi connectivity index (χ1v) is 7.37. The molecule has 1 aliphatic rings. The van der Waals surface area contributed by atoms with Crippen LogP contribution in [0.15, 0.2) is 30.3 Å². The number of piperidine rings is 1. The molecule has 1 aromatic rings. The predicted molar refractivity (Wildman–Crippen MR) is 80.6 cm³/mol. The van der Waals surface area contributed by atoms with Crippen molar-refractivity contribution in [2.45, 2.75) is 31.9 Å². The van der Waals surface area contributed by atoms with E-state index in [4.69, 9.17) is 9.57 Å². The van der Waals surface area contributed by atoms with E-state index in [0.717, 1.165) is 5.56 Å². The molecule has 1 aliphatic heterocycles. The number of hydrogen-bond donors (Lipinski definition) is 1. The summed E-state index contributed by atoms with van der Waals surface area (Å²) >= 11 is 0. The van der Waals surface area contributed by atoms with Crippen LogP contribution in [-0.2, 0) is 25.8 Å². The lowest BCUT2D eigenvalue weighted by atomic mass is 9.87. The Kier molecular flexibility index (Phi) is 5.51. The molecular weight excluding hydrogens is 284 g/mol. The van der Waals surface area contributed by atoms with Crippen molar-refractivity contribution in [3.63, 3.8) is 0 Å². The van der Waals surface area contributed by atoms with Crippen molar-refractivity contribution in [1.82, 2.24) is 10.4 Å². The minimum absolute atomic E-state index is 0.229.